The molecule has 0 spiro atoms. The molecule has 0 bridgehead atoms. The topological polar surface area (TPSA) is 34.1 Å². The van der Waals surface area contributed by atoms with Gasteiger partial charge in [0.05, 0.1) is 0 Å². The fourth-order valence-electron chi connectivity index (χ4n) is 1.47. The summed E-state index contributed by atoms with van der Waals surface area (Å²) in [7, 11) is 0. The first-order chi connectivity index (χ1) is 6.61. The second kappa shape index (κ2) is 4.70. The van der Waals surface area contributed by atoms with Gasteiger partial charge in [-0.25, -0.2) is 0 Å². The Hall–Kier alpha value is -1.44. The first kappa shape index (κ1) is 10.6. The van der Waals surface area contributed by atoms with Crippen LogP contribution < -0.4 is 0 Å². The van der Waals surface area contributed by atoms with E-state index in [1.165, 1.54) is 13.8 Å². The van der Waals surface area contributed by atoms with Crippen molar-refractivity contribution in [2.45, 2.75) is 26.2 Å². The predicted octanol–water partition coefficient (Wildman–Crippen LogP) is 2.34. The van der Waals surface area contributed by atoms with Crippen LogP contribution in [-0.2, 0) is 9.59 Å². The Labute approximate surface area is 83.9 Å². The molecule has 74 valence electrons. The molecule has 0 aliphatic heterocycles. The van der Waals surface area contributed by atoms with E-state index in [1.54, 1.807) is 0 Å². The Morgan fingerprint density at radius 2 is 1.71 bits per heavy atom. The predicted molar refractivity (Wildman–Crippen MR) is 55.2 cm³/mol. The molecule has 0 N–H and O–H groups in total. The average molecular weight is 190 g/mol. The quantitative estimate of drug-likeness (QED) is 0.730. The molecule has 14 heavy (non-hydrogen) atoms. The van der Waals surface area contributed by atoms with Crippen molar-refractivity contribution in [1.82, 2.24) is 0 Å². The summed E-state index contributed by atoms with van der Waals surface area (Å²) < 4.78 is 0. The molecule has 2 nitrogen and oxygen atoms in total. The summed E-state index contributed by atoms with van der Waals surface area (Å²) in [6, 6.07) is 9.43. The number of hydrogen-bond acceptors (Lipinski definition) is 2. The maximum absolute atomic E-state index is 11.3. The van der Waals surface area contributed by atoms with E-state index in [2.05, 4.69) is 0 Å². The fourth-order valence-corrected chi connectivity index (χ4v) is 1.47. The van der Waals surface area contributed by atoms with Crippen molar-refractivity contribution in [3.8, 4) is 0 Å². The van der Waals surface area contributed by atoms with E-state index in [4.69, 9.17) is 0 Å². The van der Waals surface area contributed by atoms with Crippen LogP contribution in [0.2, 0.25) is 0 Å². The zero-order valence-corrected chi connectivity index (χ0v) is 8.49. The molecule has 0 unspecified atom stereocenters. The minimum Gasteiger partial charge on any atom is -0.300 e. The van der Waals surface area contributed by atoms with Crippen molar-refractivity contribution in [2.24, 2.45) is 0 Å². The Bertz CT molecular complexity index is 327. The van der Waals surface area contributed by atoms with Gasteiger partial charge in [-0.1, -0.05) is 30.3 Å². The number of Topliss-reactive ketones (excluding diaryl/α,β-unsaturated/α-hetero) is 2. The standard InChI is InChI=1S/C12H14O2/c1-9(13)8-12(10(2)14)11-6-4-3-5-7-11/h3-7,12H,8H2,1-2H3/t12-/m0/s1. The van der Waals surface area contributed by atoms with Crippen LogP contribution in [0.15, 0.2) is 30.3 Å². The van der Waals surface area contributed by atoms with Gasteiger partial charge in [0, 0.05) is 12.3 Å². The Balaban J connectivity index is 2.89. The summed E-state index contributed by atoms with van der Waals surface area (Å²) in [5.41, 5.74) is 0.926. The molecule has 1 atom stereocenters. The van der Waals surface area contributed by atoms with E-state index in [-0.39, 0.29) is 17.5 Å². The molecule has 0 aliphatic carbocycles. The van der Waals surface area contributed by atoms with E-state index < -0.39 is 0 Å². The molecule has 1 rings (SSSR count). The third-order valence-corrected chi connectivity index (χ3v) is 2.18. The van der Waals surface area contributed by atoms with Crippen LogP contribution in [0.4, 0.5) is 0 Å². The van der Waals surface area contributed by atoms with Crippen LogP contribution in [0.1, 0.15) is 31.7 Å². The van der Waals surface area contributed by atoms with E-state index in [1.807, 2.05) is 30.3 Å². The van der Waals surface area contributed by atoms with Crippen LogP contribution >= 0.6 is 0 Å². The zero-order valence-electron chi connectivity index (χ0n) is 8.49. The lowest BCUT2D eigenvalue weighted by Crippen LogP contribution is -2.12. The highest BCUT2D eigenvalue weighted by atomic mass is 16.1. The Kier molecular flexibility index (Phi) is 3.57. The molecular formula is C12H14O2. The SMILES string of the molecule is CC(=O)C[C@@H](C(C)=O)c1ccccc1. The summed E-state index contributed by atoms with van der Waals surface area (Å²) in [4.78, 5) is 22.3. The lowest BCUT2D eigenvalue weighted by Gasteiger charge is -2.11. The van der Waals surface area contributed by atoms with Crippen molar-refractivity contribution in [2.75, 3.05) is 0 Å². The number of benzene rings is 1. The van der Waals surface area contributed by atoms with Gasteiger partial charge in [-0.3, -0.25) is 9.59 Å². The van der Waals surface area contributed by atoms with Crippen LogP contribution in [0, 0.1) is 0 Å². The van der Waals surface area contributed by atoms with E-state index >= 15 is 0 Å². The molecule has 0 aliphatic rings. The Morgan fingerprint density at radius 1 is 1.14 bits per heavy atom. The molecule has 0 amide bonds. The van der Waals surface area contributed by atoms with Gasteiger partial charge in [0.2, 0.25) is 0 Å². The monoisotopic (exact) mass is 190 g/mol. The maximum atomic E-state index is 11.3. The number of carbonyl (C=O) groups is 2. The maximum Gasteiger partial charge on any atom is 0.137 e. The molecule has 2 heteroatoms. The lowest BCUT2D eigenvalue weighted by molar-refractivity contribution is -0.123. The van der Waals surface area contributed by atoms with Crippen LogP contribution in [-0.4, -0.2) is 11.6 Å². The summed E-state index contributed by atoms with van der Waals surface area (Å²) in [6.07, 6.45) is 0.305. The minimum absolute atomic E-state index is 0.0476. The fraction of sp³-hybridized carbons (Fsp3) is 0.333. The highest BCUT2D eigenvalue weighted by Crippen LogP contribution is 2.20. The van der Waals surface area contributed by atoms with Crippen molar-refractivity contribution in [3.63, 3.8) is 0 Å². The summed E-state index contributed by atoms with van der Waals surface area (Å²) in [5, 5.41) is 0. The van der Waals surface area contributed by atoms with Gasteiger partial charge >= 0.3 is 0 Å². The number of hydrogen-bond donors (Lipinski definition) is 0. The molecule has 0 saturated heterocycles. The molecule has 0 aromatic heterocycles. The first-order valence-electron chi connectivity index (χ1n) is 4.66. The Morgan fingerprint density at radius 3 is 2.14 bits per heavy atom. The third kappa shape index (κ3) is 2.80. The summed E-state index contributed by atoms with van der Waals surface area (Å²) in [5.74, 6) is -0.172. The number of ketones is 2. The average Bonchev–Trinajstić information content (AvgIpc) is 2.15. The van der Waals surface area contributed by atoms with Crippen molar-refractivity contribution < 1.29 is 9.59 Å². The van der Waals surface area contributed by atoms with Crippen molar-refractivity contribution >= 4 is 11.6 Å². The highest BCUT2D eigenvalue weighted by Gasteiger charge is 2.17. The van der Waals surface area contributed by atoms with Gasteiger partial charge in [-0.05, 0) is 19.4 Å². The molecule has 1 aromatic carbocycles. The second-order valence-corrected chi connectivity index (χ2v) is 3.48. The number of carbonyl (C=O) groups excluding carboxylic acids is 2. The van der Waals surface area contributed by atoms with Gasteiger partial charge in [-0.2, -0.15) is 0 Å². The molecule has 0 saturated carbocycles. The van der Waals surface area contributed by atoms with Gasteiger partial charge in [0.15, 0.2) is 0 Å². The van der Waals surface area contributed by atoms with Gasteiger partial charge in [0.25, 0.3) is 0 Å². The van der Waals surface area contributed by atoms with E-state index in [0.717, 1.165) is 5.56 Å². The van der Waals surface area contributed by atoms with Gasteiger partial charge < -0.3 is 0 Å². The lowest BCUT2D eigenvalue weighted by atomic mass is 9.91. The van der Waals surface area contributed by atoms with Crippen LogP contribution in [0.5, 0.6) is 0 Å². The zero-order chi connectivity index (χ0) is 10.6. The largest absolute Gasteiger partial charge is 0.300 e. The minimum atomic E-state index is -0.270. The highest BCUT2D eigenvalue weighted by molar-refractivity contribution is 5.89. The normalized spacial score (nSPS) is 12.1. The second-order valence-electron chi connectivity index (χ2n) is 3.48. The van der Waals surface area contributed by atoms with Gasteiger partial charge in [-0.15, -0.1) is 0 Å². The molecule has 0 radical (unpaired) electrons. The first-order valence-corrected chi connectivity index (χ1v) is 4.66. The van der Waals surface area contributed by atoms with Crippen LogP contribution in [0.3, 0.4) is 0 Å². The summed E-state index contributed by atoms with van der Waals surface area (Å²) in [6.45, 7) is 3.04. The smallest absolute Gasteiger partial charge is 0.137 e. The van der Waals surface area contributed by atoms with Gasteiger partial charge in [0.1, 0.15) is 11.6 Å². The summed E-state index contributed by atoms with van der Waals surface area (Å²) >= 11 is 0. The molecule has 0 fully saturated rings. The third-order valence-electron chi connectivity index (χ3n) is 2.18. The van der Waals surface area contributed by atoms with E-state index in [9.17, 15) is 9.59 Å². The van der Waals surface area contributed by atoms with Crippen LogP contribution in [0.25, 0.3) is 0 Å². The molecular weight excluding hydrogens is 176 g/mol. The van der Waals surface area contributed by atoms with E-state index in [0.29, 0.717) is 6.42 Å². The van der Waals surface area contributed by atoms with Crippen molar-refractivity contribution in [3.05, 3.63) is 35.9 Å². The molecule has 0 heterocycles. The number of rotatable bonds is 4. The van der Waals surface area contributed by atoms with Crippen molar-refractivity contribution in [1.29, 1.82) is 0 Å². The molecule has 1 aromatic rings.